The largest absolute Gasteiger partial charge is 0.326 e. The molecule has 4 nitrogen and oxygen atoms in total. The molecule has 0 aliphatic carbocycles. The molecule has 4 heteroatoms. The zero-order valence-corrected chi connectivity index (χ0v) is 10.4. The minimum absolute atomic E-state index is 0.0429. The standard InChI is InChI=1S/C14H17N3O/c18-14-15-12-5-3-4-10-8-11(9-17(14)13(10)12)16-6-1-2-7-16/h3-5,11H,1-2,6-9H2,(H,15,18). The van der Waals surface area contributed by atoms with Crippen molar-refractivity contribution in [1.29, 1.82) is 0 Å². The lowest BCUT2D eigenvalue weighted by molar-refractivity contribution is 0.213. The Hall–Kier alpha value is -1.55. The molecule has 94 valence electrons. The van der Waals surface area contributed by atoms with E-state index in [2.05, 4.69) is 16.0 Å². The van der Waals surface area contributed by atoms with Crippen LogP contribution < -0.4 is 5.69 Å². The number of likely N-dealkylation sites (tertiary alicyclic amines) is 1. The van der Waals surface area contributed by atoms with Crippen LogP contribution >= 0.6 is 0 Å². The average molecular weight is 243 g/mol. The van der Waals surface area contributed by atoms with Crippen LogP contribution in [0.2, 0.25) is 0 Å². The van der Waals surface area contributed by atoms with Gasteiger partial charge in [0.1, 0.15) is 0 Å². The SMILES string of the molecule is O=c1[nH]c2cccc3c2n1CC(N1CCCC1)C3. The number of hydrogen-bond donors (Lipinski definition) is 1. The Morgan fingerprint density at radius 1 is 1.22 bits per heavy atom. The molecule has 0 saturated carbocycles. The Labute approximate surface area is 105 Å². The molecular formula is C14H17N3O. The van der Waals surface area contributed by atoms with Crippen LogP contribution in [-0.4, -0.2) is 33.6 Å². The first-order chi connectivity index (χ1) is 8.83. The second-order valence-corrected chi connectivity index (χ2v) is 5.46. The summed E-state index contributed by atoms with van der Waals surface area (Å²) in [6.07, 6.45) is 3.68. The van der Waals surface area contributed by atoms with Crippen LogP contribution in [0.15, 0.2) is 23.0 Å². The summed E-state index contributed by atoms with van der Waals surface area (Å²) >= 11 is 0. The molecule has 3 heterocycles. The number of nitrogens with zero attached hydrogens (tertiary/aromatic N) is 2. The summed E-state index contributed by atoms with van der Waals surface area (Å²) in [6, 6.07) is 6.70. The molecule has 1 unspecified atom stereocenters. The topological polar surface area (TPSA) is 41.0 Å². The van der Waals surface area contributed by atoms with Crippen molar-refractivity contribution in [2.75, 3.05) is 13.1 Å². The Kier molecular flexibility index (Phi) is 2.14. The highest BCUT2D eigenvalue weighted by molar-refractivity contribution is 5.79. The summed E-state index contributed by atoms with van der Waals surface area (Å²) in [5, 5.41) is 0. The predicted octanol–water partition coefficient (Wildman–Crippen LogP) is 1.35. The van der Waals surface area contributed by atoms with Gasteiger partial charge in [-0.3, -0.25) is 9.47 Å². The number of benzene rings is 1. The lowest BCUT2D eigenvalue weighted by Gasteiger charge is -2.31. The lowest BCUT2D eigenvalue weighted by Crippen LogP contribution is -2.42. The zero-order valence-electron chi connectivity index (χ0n) is 10.4. The number of imidazole rings is 1. The first-order valence-electron chi connectivity index (χ1n) is 6.77. The van der Waals surface area contributed by atoms with E-state index in [1.54, 1.807) is 0 Å². The highest BCUT2D eigenvalue weighted by atomic mass is 16.1. The monoisotopic (exact) mass is 243 g/mol. The third-order valence-corrected chi connectivity index (χ3v) is 4.38. The fraction of sp³-hybridized carbons (Fsp3) is 0.500. The number of rotatable bonds is 1. The van der Waals surface area contributed by atoms with E-state index in [9.17, 15) is 4.79 Å². The maximum absolute atomic E-state index is 12.0. The third kappa shape index (κ3) is 1.38. The molecule has 1 saturated heterocycles. The summed E-state index contributed by atoms with van der Waals surface area (Å²) < 4.78 is 1.93. The molecule has 2 aliphatic heterocycles. The van der Waals surface area contributed by atoms with Crippen molar-refractivity contribution in [2.24, 2.45) is 0 Å². The van der Waals surface area contributed by atoms with Crippen LogP contribution in [0.3, 0.4) is 0 Å². The van der Waals surface area contributed by atoms with Gasteiger partial charge in [-0.2, -0.15) is 0 Å². The molecule has 18 heavy (non-hydrogen) atoms. The Bertz CT molecular complexity index is 649. The fourth-order valence-corrected chi connectivity index (χ4v) is 3.51. The molecule has 0 bridgehead atoms. The van der Waals surface area contributed by atoms with Gasteiger partial charge in [-0.05, 0) is 44.0 Å². The van der Waals surface area contributed by atoms with E-state index in [0.717, 1.165) is 24.0 Å². The molecule has 0 radical (unpaired) electrons. The molecule has 0 spiro atoms. The molecule has 2 aromatic rings. The number of H-pyrrole nitrogens is 1. The average Bonchev–Trinajstić information content (AvgIpc) is 3.00. The van der Waals surface area contributed by atoms with E-state index in [4.69, 9.17) is 0 Å². The van der Waals surface area contributed by atoms with Crippen LogP contribution in [0.4, 0.5) is 0 Å². The molecule has 1 N–H and O–H groups in total. The quantitative estimate of drug-likeness (QED) is 0.821. The number of aromatic amines is 1. The molecule has 2 aliphatic rings. The second kappa shape index (κ2) is 3.72. The second-order valence-electron chi connectivity index (χ2n) is 5.46. The highest BCUT2D eigenvalue weighted by Gasteiger charge is 2.28. The minimum Gasteiger partial charge on any atom is -0.306 e. The van der Waals surface area contributed by atoms with Crippen molar-refractivity contribution in [3.05, 3.63) is 34.2 Å². The van der Waals surface area contributed by atoms with E-state index < -0.39 is 0 Å². The van der Waals surface area contributed by atoms with Crippen LogP contribution in [0.5, 0.6) is 0 Å². The summed E-state index contributed by atoms with van der Waals surface area (Å²) in [5.41, 5.74) is 3.46. The van der Waals surface area contributed by atoms with Gasteiger partial charge in [-0.25, -0.2) is 4.79 Å². The highest BCUT2D eigenvalue weighted by Crippen LogP contribution is 2.26. The van der Waals surface area contributed by atoms with Crippen LogP contribution in [0.1, 0.15) is 18.4 Å². The summed E-state index contributed by atoms with van der Waals surface area (Å²) in [4.78, 5) is 17.5. The van der Waals surface area contributed by atoms with Gasteiger partial charge in [-0.1, -0.05) is 12.1 Å². The van der Waals surface area contributed by atoms with E-state index in [1.807, 2.05) is 16.7 Å². The van der Waals surface area contributed by atoms with Gasteiger partial charge in [-0.15, -0.1) is 0 Å². The van der Waals surface area contributed by atoms with Gasteiger partial charge in [0.2, 0.25) is 0 Å². The van der Waals surface area contributed by atoms with Crippen LogP contribution in [-0.2, 0) is 13.0 Å². The van der Waals surface area contributed by atoms with Crippen molar-refractivity contribution in [2.45, 2.75) is 31.8 Å². The maximum atomic E-state index is 12.0. The first-order valence-corrected chi connectivity index (χ1v) is 6.77. The zero-order chi connectivity index (χ0) is 12.1. The van der Waals surface area contributed by atoms with Crippen molar-refractivity contribution < 1.29 is 0 Å². The summed E-state index contributed by atoms with van der Waals surface area (Å²) in [7, 11) is 0. The lowest BCUT2D eigenvalue weighted by atomic mass is 9.99. The molecule has 1 fully saturated rings. The number of para-hydroxylation sites is 1. The maximum Gasteiger partial charge on any atom is 0.326 e. The number of aromatic nitrogens is 2. The normalized spacial score (nSPS) is 23.9. The molecule has 1 aromatic carbocycles. The molecule has 1 atom stereocenters. The van der Waals surface area contributed by atoms with E-state index in [-0.39, 0.29) is 5.69 Å². The fourth-order valence-electron chi connectivity index (χ4n) is 3.51. The van der Waals surface area contributed by atoms with Gasteiger partial charge in [0.05, 0.1) is 11.0 Å². The molecule has 4 rings (SSSR count). The predicted molar refractivity (Wildman–Crippen MR) is 70.9 cm³/mol. The molecule has 1 aromatic heterocycles. The van der Waals surface area contributed by atoms with Gasteiger partial charge in [0.15, 0.2) is 0 Å². The Morgan fingerprint density at radius 3 is 2.89 bits per heavy atom. The van der Waals surface area contributed by atoms with E-state index in [1.165, 1.54) is 31.5 Å². The van der Waals surface area contributed by atoms with Gasteiger partial charge in [0, 0.05) is 12.6 Å². The third-order valence-electron chi connectivity index (χ3n) is 4.38. The van der Waals surface area contributed by atoms with Crippen molar-refractivity contribution in [3.63, 3.8) is 0 Å². The van der Waals surface area contributed by atoms with Crippen LogP contribution in [0, 0.1) is 0 Å². The number of hydrogen-bond acceptors (Lipinski definition) is 2. The van der Waals surface area contributed by atoms with Crippen molar-refractivity contribution in [1.82, 2.24) is 14.5 Å². The molecule has 0 amide bonds. The van der Waals surface area contributed by atoms with Gasteiger partial charge >= 0.3 is 5.69 Å². The van der Waals surface area contributed by atoms with Crippen LogP contribution in [0.25, 0.3) is 11.0 Å². The minimum atomic E-state index is 0.0429. The van der Waals surface area contributed by atoms with Gasteiger partial charge in [0.25, 0.3) is 0 Å². The van der Waals surface area contributed by atoms with Crippen molar-refractivity contribution in [3.8, 4) is 0 Å². The summed E-state index contributed by atoms with van der Waals surface area (Å²) in [6.45, 7) is 3.22. The number of nitrogens with one attached hydrogen (secondary N) is 1. The molecular weight excluding hydrogens is 226 g/mol. The van der Waals surface area contributed by atoms with E-state index in [0.29, 0.717) is 6.04 Å². The first kappa shape index (κ1) is 10.4. The smallest absolute Gasteiger partial charge is 0.306 e. The van der Waals surface area contributed by atoms with Crippen molar-refractivity contribution >= 4 is 11.0 Å². The Balaban J connectivity index is 1.82. The Morgan fingerprint density at radius 2 is 2.06 bits per heavy atom. The van der Waals surface area contributed by atoms with E-state index >= 15 is 0 Å². The summed E-state index contributed by atoms with van der Waals surface area (Å²) in [5.74, 6) is 0. The van der Waals surface area contributed by atoms with Gasteiger partial charge < -0.3 is 4.98 Å².